The Labute approximate surface area is 224 Å². The summed E-state index contributed by atoms with van der Waals surface area (Å²) in [7, 11) is 3.42. The summed E-state index contributed by atoms with van der Waals surface area (Å²) in [5.41, 5.74) is 2.26. The number of ketones is 1. The van der Waals surface area contributed by atoms with Gasteiger partial charge < -0.3 is 19.7 Å². The number of Topliss-reactive ketones (excluding diaryl/α,β-unsaturated/α-hetero) is 1. The minimum absolute atomic E-state index is 0.0150. The smallest absolute Gasteiger partial charge is 0.410 e. The number of hydrogen-bond acceptors (Lipinski definition) is 6. The van der Waals surface area contributed by atoms with Crippen LogP contribution in [-0.2, 0) is 18.8 Å². The molecule has 1 N–H and O–H groups in total. The highest BCUT2D eigenvalue weighted by Crippen LogP contribution is 2.23. The number of ether oxygens (including phenoxy) is 2. The van der Waals surface area contributed by atoms with E-state index in [0.717, 1.165) is 22.5 Å². The number of aryl methyl sites for hydroxylation is 2. The molecule has 38 heavy (non-hydrogen) atoms. The molecule has 2 aromatic carbocycles. The van der Waals surface area contributed by atoms with Gasteiger partial charge in [0.25, 0.3) is 0 Å². The van der Waals surface area contributed by atoms with Crippen molar-refractivity contribution < 1.29 is 19.1 Å². The number of nitrogens with one attached hydrogen (secondary N) is 1. The van der Waals surface area contributed by atoms with Crippen LogP contribution in [0.15, 0.2) is 47.3 Å². The van der Waals surface area contributed by atoms with Crippen LogP contribution in [-0.4, -0.2) is 57.8 Å². The first-order valence-electron chi connectivity index (χ1n) is 13.1. The van der Waals surface area contributed by atoms with Gasteiger partial charge in [-0.3, -0.25) is 13.9 Å². The van der Waals surface area contributed by atoms with Gasteiger partial charge in [-0.25, -0.2) is 9.59 Å². The highest BCUT2D eigenvalue weighted by Gasteiger charge is 2.22. The maximum absolute atomic E-state index is 12.9. The molecule has 0 spiro atoms. The van der Waals surface area contributed by atoms with Crippen LogP contribution in [0.1, 0.15) is 57.3 Å². The van der Waals surface area contributed by atoms with Crippen LogP contribution < -0.4 is 15.7 Å². The third kappa shape index (κ3) is 7.40. The Morgan fingerprint density at radius 3 is 2.39 bits per heavy atom. The number of hydrogen-bond donors (Lipinski definition) is 1. The van der Waals surface area contributed by atoms with Crippen molar-refractivity contribution in [3.8, 4) is 5.75 Å². The van der Waals surface area contributed by atoms with Crippen LogP contribution in [0.5, 0.6) is 5.75 Å². The fourth-order valence-electron chi connectivity index (χ4n) is 4.25. The van der Waals surface area contributed by atoms with Crippen molar-refractivity contribution in [1.82, 2.24) is 14.0 Å². The standard InChI is InChI=1S/C29H40N4O5/c1-7-37-26-14-9-8-12-22(26)30-17-19-33(28(36)38-29(2,3)4)18-11-10-13-25(34)21-15-16-23-24(20-21)32(6)27(35)31(23)5/h8-9,12,14-16,20,30H,7,10-11,13,17-19H2,1-6H3. The van der Waals surface area contributed by atoms with Crippen LogP contribution in [0.3, 0.4) is 0 Å². The number of nitrogens with zero attached hydrogens (tertiary/aromatic N) is 3. The molecule has 0 bridgehead atoms. The van der Waals surface area contributed by atoms with Gasteiger partial charge in [0.15, 0.2) is 5.78 Å². The zero-order valence-electron chi connectivity index (χ0n) is 23.4. The Morgan fingerprint density at radius 2 is 1.68 bits per heavy atom. The Morgan fingerprint density at radius 1 is 0.974 bits per heavy atom. The zero-order valence-corrected chi connectivity index (χ0v) is 23.4. The molecule has 0 aliphatic rings. The average Bonchev–Trinajstić information content (AvgIpc) is 3.08. The number of fused-ring (bicyclic) bond motifs is 1. The predicted octanol–water partition coefficient (Wildman–Crippen LogP) is 4.98. The van der Waals surface area contributed by atoms with Crippen molar-refractivity contribution >= 4 is 28.6 Å². The highest BCUT2D eigenvalue weighted by molar-refractivity contribution is 5.99. The summed E-state index contributed by atoms with van der Waals surface area (Å²) >= 11 is 0. The summed E-state index contributed by atoms with van der Waals surface area (Å²) in [5, 5.41) is 3.35. The molecule has 0 saturated heterocycles. The largest absolute Gasteiger partial charge is 0.492 e. The summed E-state index contributed by atoms with van der Waals surface area (Å²) < 4.78 is 14.4. The summed E-state index contributed by atoms with van der Waals surface area (Å²) in [6, 6.07) is 13.1. The molecule has 3 rings (SSSR count). The first-order chi connectivity index (χ1) is 18.0. The number of carbonyl (C=O) groups excluding carboxylic acids is 2. The van der Waals surface area contributed by atoms with Crippen LogP contribution in [0.4, 0.5) is 10.5 Å². The number of benzene rings is 2. The quantitative estimate of drug-likeness (QED) is 0.265. The van der Waals surface area contributed by atoms with Crippen molar-refractivity contribution in [3.63, 3.8) is 0 Å². The van der Waals surface area contributed by atoms with Crippen LogP contribution in [0.2, 0.25) is 0 Å². The maximum atomic E-state index is 12.9. The number of anilines is 1. The predicted molar refractivity (Wildman–Crippen MR) is 150 cm³/mol. The van der Waals surface area contributed by atoms with E-state index in [0.29, 0.717) is 51.1 Å². The minimum Gasteiger partial charge on any atom is -0.492 e. The lowest BCUT2D eigenvalue weighted by atomic mass is 10.0. The lowest BCUT2D eigenvalue weighted by Gasteiger charge is -2.27. The van der Waals surface area contributed by atoms with Gasteiger partial charge in [-0.15, -0.1) is 0 Å². The Balaban J connectivity index is 1.57. The number of amides is 1. The minimum atomic E-state index is -0.601. The molecule has 1 aromatic heterocycles. The van der Waals surface area contributed by atoms with Gasteiger partial charge in [0.1, 0.15) is 11.4 Å². The number of imidazole rings is 1. The van der Waals surface area contributed by atoms with Gasteiger partial charge in [-0.1, -0.05) is 12.1 Å². The molecule has 1 heterocycles. The SMILES string of the molecule is CCOc1ccccc1NCCN(CCCCC(=O)c1ccc2c(c1)n(C)c(=O)n2C)C(=O)OC(C)(C)C. The number of unbranched alkanes of at least 4 members (excludes halogenated alkanes) is 1. The Bertz CT molecular complexity index is 1320. The van der Waals surface area contributed by atoms with Crippen LogP contribution >= 0.6 is 0 Å². The van der Waals surface area contributed by atoms with E-state index in [1.807, 2.05) is 58.0 Å². The average molecular weight is 525 g/mol. The van der Waals surface area contributed by atoms with E-state index in [2.05, 4.69) is 5.32 Å². The lowest BCUT2D eigenvalue weighted by molar-refractivity contribution is 0.0254. The number of carbonyl (C=O) groups is 2. The molecule has 3 aromatic rings. The van der Waals surface area contributed by atoms with Gasteiger partial charge in [-0.2, -0.15) is 0 Å². The number of para-hydroxylation sites is 2. The molecule has 0 atom stereocenters. The van der Waals surface area contributed by atoms with E-state index < -0.39 is 5.60 Å². The van der Waals surface area contributed by atoms with Crippen LogP contribution in [0, 0.1) is 0 Å². The molecule has 0 saturated carbocycles. The summed E-state index contributed by atoms with van der Waals surface area (Å²) in [6.07, 6.45) is 1.27. The first kappa shape index (κ1) is 28.8. The summed E-state index contributed by atoms with van der Waals surface area (Å²) in [4.78, 5) is 39.6. The third-order valence-corrected chi connectivity index (χ3v) is 6.21. The second-order valence-corrected chi connectivity index (χ2v) is 10.3. The second-order valence-electron chi connectivity index (χ2n) is 10.3. The first-order valence-corrected chi connectivity index (χ1v) is 13.1. The van der Waals surface area contributed by atoms with Crippen molar-refractivity contribution in [1.29, 1.82) is 0 Å². The Kier molecular flexibility index (Phi) is 9.61. The molecule has 9 heteroatoms. The lowest BCUT2D eigenvalue weighted by Crippen LogP contribution is -2.40. The van der Waals surface area contributed by atoms with E-state index in [4.69, 9.17) is 9.47 Å². The van der Waals surface area contributed by atoms with Crippen molar-refractivity contribution in [2.75, 3.05) is 31.6 Å². The zero-order chi connectivity index (χ0) is 27.9. The number of aromatic nitrogens is 2. The molecule has 206 valence electrons. The number of rotatable bonds is 12. The topological polar surface area (TPSA) is 94.8 Å². The van der Waals surface area contributed by atoms with E-state index >= 15 is 0 Å². The van der Waals surface area contributed by atoms with Crippen molar-refractivity contribution in [2.45, 2.75) is 52.6 Å². The van der Waals surface area contributed by atoms with Gasteiger partial charge in [-0.05, 0) is 70.9 Å². The van der Waals surface area contributed by atoms with Gasteiger partial charge in [0.05, 0.1) is 23.3 Å². The van der Waals surface area contributed by atoms with Crippen molar-refractivity contribution in [2.24, 2.45) is 14.1 Å². The van der Waals surface area contributed by atoms with Gasteiger partial charge in [0, 0.05) is 45.7 Å². The normalized spacial score (nSPS) is 11.4. The summed E-state index contributed by atoms with van der Waals surface area (Å²) in [6.45, 7) is 9.49. The van der Waals surface area contributed by atoms with E-state index in [1.165, 1.54) is 0 Å². The van der Waals surface area contributed by atoms with Gasteiger partial charge in [0.2, 0.25) is 0 Å². The highest BCUT2D eigenvalue weighted by atomic mass is 16.6. The van der Waals surface area contributed by atoms with E-state index in [9.17, 15) is 14.4 Å². The maximum Gasteiger partial charge on any atom is 0.410 e. The molecular formula is C29H40N4O5. The molecule has 9 nitrogen and oxygen atoms in total. The fraction of sp³-hybridized carbons (Fsp3) is 0.483. The fourth-order valence-corrected chi connectivity index (χ4v) is 4.25. The Hall–Kier alpha value is -3.75. The van der Waals surface area contributed by atoms with E-state index in [-0.39, 0.29) is 17.6 Å². The molecular weight excluding hydrogens is 484 g/mol. The van der Waals surface area contributed by atoms with Gasteiger partial charge >= 0.3 is 11.8 Å². The van der Waals surface area contributed by atoms with Crippen molar-refractivity contribution in [3.05, 3.63) is 58.5 Å². The third-order valence-electron chi connectivity index (χ3n) is 6.21. The second kappa shape index (κ2) is 12.7. The monoisotopic (exact) mass is 524 g/mol. The van der Waals surface area contributed by atoms with E-state index in [1.54, 1.807) is 40.3 Å². The molecule has 1 amide bonds. The molecule has 0 radical (unpaired) electrons. The molecule has 0 aliphatic heterocycles. The van der Waals surface area contributed by atoms with Crippen LogP contribution in [0.25, 0.3) is 11.0 Å². The summed E-state index contributed by atoms with van der Waals surface area (Å²) in [5.74, 6) is 0.785. The molecule has 0 aliphatic carbocycles. The molecule has 0 fully saturated rings. The molecule has 0 unspecified atom stereocenters.